The quantitative estimate of drug-likeness (QED) is 0.730. The second kappa shape index (κ2) is 3.47. The van der Waals surface area contributed by atoms with E-state index in [2.05, 4.69) is 11.1 Å². The highest BCUT2D eigenvalue weighted by molar-refractivity contribution is 5.77. The molecule has 0 aromatic rings. The van der Waals surface area contributed by atoms with Gasteiger partial charge in [0.25, 0.3) is 0 Å². The first-order valence-corrected chi connectivity index (χ1v) is 5.60. The fourth-order valence-corrected chi connectivity index (χ4v) is 2.80. The van der Waals surface area contributed by atoms with Crippen molar-refractivity contribution >= 4 is 12.2 Å². The standard InChI is InChI=1S/C12H13NO3/c14-12(15)8-6-7-2-1-3-9-10(7)11(8)13-4-5-16-9/h3-4,7-8H,1-2,5-6H2,(H,14,15). The Hall–Kier alpha value is -1.58. The van der Waals surface area contributed by atoms with E-state index >= 15 is 0 Å². The molecule has 3 rings (SSSR count). The van der Waals surface area contributed by atoms with Gasteiger partial charge in [0.1, 0.15) is 12.4 Å². The lowest BCUT2D eigenvalue weighted by Gasteiger charge is -2.21. The highest BCUT2D eigenvalue weighted by Gasteiger charge is 2.41. The van der Waals surface area contributed by atoms with Crippen LogP contribution >= 0.6 is 0 Å². The number of aliphatic carboxylic acids is 1. The van der Waals surface area contributed by atoms with Crippen molar-refractivity contribution in [1.29, 1.82) is 0 Å². The number of ether oxygens (including phenoxy) is 1. The van der Waals surface area contributed by atoms with Crippen molar-refractivity contribution in [3.63, 3.8) is 0 Å². The van der Waals surface area contributed by atoms with Crippen molar-refractivity contribution in [2.75, 3.05) is 6.61 Å². The van der Waals surface area contributed by atoms with E-state index in [9.17, 15) is 9.90 Å². The molecule has 1 N–H and O–H groups in total. The first kappa shape index (κ1) is 9.63. The fraction of sp³-hybridized carbons (Fsp3) is 0.500. The van der Waals surface area contributed by atoms with E-state index in [4.69, 9.17) is 4.74 Å². The molecule has 0 amide bonds. The van der Waals surface area contributed by atoms with Crippen molar-refractivity contribution in [3.8, 4) is 0 Å². The minimum absolute atomic E-state index is 0.325. The Morgan fingerprint density at radius 1 is 1.56 bits per heavy atom. The van der Waals surface area contributed by atoms with Crippen molar-refractivity contribution in [2.24, 2.45) is 16.8 Å². The van der Waals surface area contributed by atoms with E-state index in [-0.39, 0.29) is 0 Å². The third-order valence-corrected chi connectivity index (χ3v) is 3.49. The lowest BCUT2D eigenvalue weighted by atomic mass is 9.89. The molecule has 0 spiro atoms. The molecular formula is C12H13NO3. The van der Waals surface area contributed by atoms with Gasteiger partial charge in [0, 0.05) is 11.8 Å². The minimum Gasteiger partial charge on any atom is -0.488 e. The van der Waals surface area contributed by atoms with Crippen LogP contribution in [0.1, 0.15) is 19.3 Å². The van der Waals surface area contributed by atoms with E-state index in [1.54, 1.807) is 6.21 Å². The van der Waals surface area contributed by atoms with Crippen LogP contribution in [0.5, 0.6) is 0 Å². The number of aliphatic imine (C=N–C) groups is 1. The molecule has 1 heterocycles. The molecule has 4 heteroatoms. The summed E-state index contributed by atoms with van der Waals surface area (Å²) in [6, 6.07) is 0. The van der Waals surface area contributed by atoms with Gasteiger partial charge in [0.15, 0.2) is 0 Å². The summed E-state index contributed by atoms with van der Waals surface area (Å²) in [4.78, 5) is 15.5. The summed E-state index contributed by atoms with van der Waals surface area (Å²) in [5.74, 6) is -0.0198. The van der Waals surface area contributed by atoms with Crippen molar-refractivity contribution < 1.29 is 14.6 Å². The Balaban J connectivity index is 2.10. The number of allylic oxidation sites excluding steroid dienone is 2. The molecule has 16 heavy (non-hydrogen) atoms. The molecule has 0 fully saturated rings. The number of nitrogens with zero attached hydrogens (tertiary/aromatic N) is 1. The van der Waals surface area contributed by atoms with Crippen LogP contribution in [0.2, 0.25) is 0 Å². The van der Waals surface area contributed by atoms with Gasteiger partial charge in [-0.2, -0.15) is 0 Å². The largest absolute Gasteiger partial charge is 0.488 e. The number of hydrogen-bond acceptors (Lipinski definition) is 3. The normalized spacial score (nSPS) is 31.6. The van der Waals surface area contributed by atoms with Crippen molar-refractivity contribution in [3.05, 3.63) is 23.1 Å². The average molecular weight is 219 g/mol. The number of carboxylic acid groups (broad SMARTS) is 1. The van der Waals surface area contributed by atoms with Crippen LogP contribution in [0.15, 0.2) is 28.1 Å². The zero-order chi connectivity index (χ0) is 11.1. The summed E-state index contributed by atoms with van der Waals surface area (Å²) in [5.41, 5.74) is 1.77. The molecule has 3 aliphatic rings. The third kappa shape index (κ3) is 1.29. The summed E-state index contributed by atoms with van der Waals surface area (Å²) >= 11 is 0. The Morgan fingerprint density at radius 3 is 3.25 bits per heavy atom. The van der Waals surface area contributed by atoms with Crippen LogP contribution in [0.3, 0.4) is 0 Å². The molecule has 0 saturated carbocycles. The van der Waals surface area contributed by atoms with Gasteiger partial charge < -0.3 is 9.84 Å². The summed E-state index contributed by atoms with van der Waals surface area (Å²) in [5, 5.41) is 9.20. The van der Waals surface area contributed by atoms with Gasteiger partial charge in [-0.25, -0.2) is 0 Å². The second-order valence-electron chi connectivity index (χ2n) is 4.39. The second-order valence-corrected chi connectivity index (χ2v) is 4.39. The van der Waals surface area contributed by atoms with Crippen LogP contribution < -0.4 is 0 Å². The smallest absolute Gasteiger partial charge is 0.312 e. The van der Waals surface area contributed by atoms with Crippen LogP contribution in [0.4, 0.5) is 0 Å². The zero-order valence-corrected chi connectivity index (χ0v) is 8.85. The summed E-state index contributed by atoms with van der Waals surface area (Å²) in [6.45, 7) is 0.442. The molecule has 0 bridgehead atoms. The first-order chi connectivity index (χ1) is 7.77. The van der Waals surface area contributed by atoms with E-state index in [0.29, 0.717) is 18.9 Å². The lowest BCUT2D eigenvalue weighted by Crippen LogP contribution is -2.14. The molecule has 0 aromatic carbocycles. The molecule has 4 nitrogen and oxygen atoms in total. The topological polar surface area (TPSA) is 58.9 Å². The van der Waals surface area contributed by atoms with E-state index in [1.165, 1.54) is 0 Å². The maximum absolute atomic E-state index is 11.2. The highest BCUT2D eigenvalue weighted by atomic mass is 16.5. The van der Waals surface area contributed by atoms with Gasteiger partial charge in [-0.1, -0.05) is 0 Å². The molecule has 2 unspecified atom stereocenters. The molecular weight excluding hydrogens is 206 g/mol. The summed E-state index contributed by atoms with van der Waals surface area (Å²) in [6.07, 6.45) is 6.40. The summed E-state index contributed by atoms with van der Waals surface area (Å²) < 4.78 is 5.58. The molecule has 0 radical (unpaired) electrons. The molecule has 84 valence electrons. The van der Waals surface area contributed by atoms with E-state index in [0.717, 1.165) is 29.9 Å². The van der Waals surface area contributed by atoms with Gasteiger partial charge in [0.05, 0.1) is 11.6 Å². The molecule has 0 saturated heterocycles. The summed E-state index contributed by atoms with van der Waals surface area (Å²) in [7, 11) is 0. The van der Waals surface area contributed by atoms with Gasteiger partial charge in [-0.3, -0.25) is 9.79 Å². The van der Waals surface area contributed by atoms with E-state index < -0.39 is 11.9 Å². The first-order valence-electron chi connectivity index (χ1n) is 5.60. The number of rotatable bonds is 1. The van der Waals surface area contributed by atoms with Gasteiger partial charge in [-0.15, -0.1) is 0 Å². The minimum atomic E-state index is -0.768. The van der Waals surface area contributed by atoms with Crippen molar-refractivity contribution in [1.82, 2.24) is 0 Å². The van der Waals surface area contributed by atoms with Gasteiger partial charge in [-0.05, 0) is 31.3 Å². The molecule has 0 aromatic heterocycles. The van der Waals surface area contributed by atoms with E-state index in [1.807, 2.05) is 0 Å². The van der Waals surface area contributed by atoms with Crippen LogP contribution in [-0.4, -0.2) is 23.9 Å². The maximum atomic E-state index is 11.2. The Bertz CT molecular complexity index is 434. The zero-order valence-electron chi connectivity index (χ0n) is 8.85. The van der Waals surface area contributed by atoms with Gasteiger partial charge >= 0.3 is 5.97 Å². The maximum Gasteiger partial charge on any atom is 0.312 e. The fourth-order valence-electron chi connectivity index (χ4n) is 2.80. The average Bonchev–Trinajstić information content (AvgIpc) is 2.50. The molecule has 1 aliphatic heterocycles. The molecule has 2 aliphatic carbocycles. The highest BCUT2D eigenvalue weighted by Crippen LogP contribution is 2.46. The van der Waals surface area contributed by atoms with Crippen molar-refractivity contribution in [2.45, 2.75) is 19.3 Å². The number of carbonyl (C=O) groups is 1. The number of carboxylic acids is 1. The predicted octanol–water partition coefficient (Wildman–Crippen LogP) is 1.74. The predicted molar refractivity (Wildman–Crippen MR) is 58.0 cm³/mol. The Morgan fingerprint density at radius 2 is 2.44 bits per heavy atom. The Labute approximate surface area is 93.3 Å². The third-order valence-electron chi connectivity index (χ3n) is 3.49. The van der Waals surface area contributed by atoms with Crippen LogP contribution in [-0.2, 0) is 9.53 Å². The number of hydrogen-bond donors (Lipinski definition) is 1. The SMILES string of the molecule is O=C(O)C1CC2CCC=C3OCC=NC1=C32. The lowest BCUT2D eigenvalue weighted by molar-refractivity contribution is -0.140. The van der Waals surface area contributed by atoms with Crippen LogP contribution in [0, 0.1) is 11.8 Å². The van der Waals surface area contributed by atoms with Crippen LogP contribution in [0.25, 0.3) is 0 Å². The monoisotopic (exact) mass is 219 g/mol. The Kier molecular flexibility index (Phi) is 2.09. The molecule has 2 atom stereocenters. The van der Waals surface area contributed by atoms with Gasteiger partial charge in [0.2, 0.25) is 0 Å².